The molecule has 158 valence electrons. The van der Waals surface area contributed by atoms with Crippen LogP contribution in [0.4, 0.5) is 20.2 Å². The number of fused-ring (bicyclic) bond motifs is 1. The molecule has 5 nitrogen and oxygen atoms in total. The third-order valence-corrected chi connectivity index (χ3v) is 5.32. The molecule has 0 unspecified atom stereocenters. The quantitative estimate of drug-likeness (QED) is 0.549. The number of aliphatic hydroxyl groups is 1. The zero-order chi connectivity index (χ0) is 21.4. The Morgan fingerprint density at radius 1 is 1.17 bits per heavy atom. The second-order valence-electron chi connectivity index (χ2n) is 7.73. The van der Waals surface area contributed by atoms with E-state index in [1.54, 1.807) is 26.0 Å². The number of nitrogens with one attached hydrogen (secondary N) is 1. The lowest BCUT2D eigenvalue weighted by Gasteiger charge is -2.20. The molecule has 0 amide bonds. The van der Waals surface area contributed by atoms with Gasteiger partial charge in [-0.2, -0.15) is 0 Å². The van der Waals surface area contributed by atoms with Crippen LogP contribution in [0.15, 0.2) is 35.1 Å². The molecule has 0 spiro atoms. The molecule has 30 heavy (non-hydrogen) atoms. The molecule has 2 N–H and O–H groups in total. The van der Waals surface area contributed by atoms with E-state index in [1.165, 1.54) is 18.2 Å². The van der Waals surface area contributed by atoms with Gasteiger partial charge >= 0.3 is 0 Å². The van der Waals surface area contributed by atoms with E-state index in [0.717, 1.165) is 18.4 Å². The molecule has 7 heteroatoms. The molecule has 0 aliphatic heterocycles. The molecule has 1 aliphatic rings. The summed E-state index contributed by atoms with van der Waals surface area (Å²) in [4.78, 5) is 13.3. The third-order valence-electron chi connectivity index (χ3n) is 5.32. The highest BCUT2D eigenvalue weighted by Gasteiger charge is 2.29. The second kappa shape index (κ2) is 8.07. The van der Waals surface area contributed by atoms with Crippen molar-refractivity contribution >= 4 is 22.3 Å². The van der Waals surface area contributed by atoms with Gasteiger partial charge in [-0.3, -0.25) is 4.79 Å². The van der Waals surface area contributed by atoms with Crippen LogP contribution >= 0.6 is 0 Å². The average molecular weight is 414 g/mol. The molecular weight excluding hydrogens is 390 g/mol. The van der Waals surface area contributed by atoms with Crippen molar-refractivity contribution in [2.24, 2.45) is 0 Å². The van der Waals surface area contributed by atoms with Crippen LogP contribution in [-0.2, 0) is 0 Å². The minimum Gasteiger partial charge on any atom is -0.488 e. The Kier molecular flexibility index (Phi) is 5.47. The number of nitrogens with zero attached hydrogens (tertiary/aromatic N) is 1. The summed E-state index contributed by atoms with van der Waals surface area (Å²) in [6.07, 6.45) is 2.25. The molecule has 1 heterocycles. The monoisotopic (exact) mass is 414 g/mol. The number of ether oxygens (including phenoxy) is 1. The lowest BCUT2D eigenvalue weighted by molar-refractivity contribution is 0.231. The number of hydrogen-bond donors (Lipinski definition) is 2. The van der Waals surface area contributed by atoms with E-state index in [9.17, 15) is 13.6 Å². The van der Waals surface area contributed by atoms with Crippen molar-refractivity contribution in [3.8, 4) is 5.75 Å². The number of aliphatic hydroxyl groups excluding tert-OH is 1. The van der Waals surface area contributed by atoms with Gasteiger partial charge in [0.05, 0.1) is 34.6 Å². The van der Waals surface area contributed by atoms with E-state index in [1.807, 2.05) is 4.57 Å². The lowest BCUT2D eigenvalue weighted by Crippen LogP contribution is -2.19. The Morgan fingerprint density at radius 2 is 1.93 bits per heavy atom. The Morgan fingerprint density at radius 3 is 2.60 bits per heavy atom. The van der Waals surface area contributed by atoms with Crippen LogP contribution in [0.5, 0.6) is 5.75 Å². The summed E-state index contributed by atoms with van der Waals surface area (Å²) in [6, 6.07) is 7.39. The first-order valence-corrected chi connectivity index (χ1v) is 10.1. The Bertz CT molecular complexity index is 1170. The van der Waals surface area contributed by atoms with Gasteiger partial charge in [0.25, 0.3) is 0 Å². The molecule has 4 rings (SSSR count). The summed E-state index contributed by atoms with van der Waals surface area (Å²) in [7, 11) is 0. The van der Waals surface area contributed by atoms with Crippen molar-refractivity contribution in [2.75, 3.05) is 18.5 Å². The molecule has 2 aromatic carbocycles. The van der Waals surface area contributed by atoms with Gasteiger partial charge < -0.3 is 19.7 Å². The number of aryl methyl sites for hydroxylation is 1. The fraction of sp³-hybridized carbons (Fsp3) is 0.348. The summed E-state index contributed by atoms with van der Waals surface area (Å²) in [5, 5.41) is 12.2. The van der Waals surface area contributed by atoms with E-state index < -0.39 is 11.6 Å². The zero-order valence-electron chi connectivity index (χ0n) is 17.0. The van der Waals surface area contributed by atoms with Gasteiger partial charge in [-0.05, 0) is 56.5 Å². The summed E-state index contributed by atoms with van der Waals surface area (Å²) in [5.74, 6) is -0.817. The van der Waals surface area contributed by atoms with Gasteiger partial charge in [0.1, 0.15) is 11.6 Å². The molecule has 0 atom stereocenters. The van der Waals surface area contributed by atoms with E-state index in [4.69, 9.17) is 9.84 Å². The van der Waals surface area contributed by atoms with Crippen molar-refractivity contribution in [1.82, 2.24) is 4.57 Å². The molecule has 0 radical (unpaired) electrons. The fourth-order valence-electron chi connectivity index (χ4n) is 3.77. The second-order valence-corrected chi connectivity index (χ2v) is 7.73. The van der Waals surface area contributed by atoms with E-state index in [-0.39, 0.29) is 47.2 Å². The Balaban J connectivity index is 1.93. The molecule has 0 saturated heterocycles. The fourth-order valence-corrected chi connectivity index (χ4v) is 3.77. The number of hydrogen-bond acceptors (Lipinski definition) is 4. The van der Waals surface area contributed by atoms with Gasteiger partial charge in [0.15, 0.2) is 5.75 Å². The summed E-state index contributed by atoms with van der Waals surface area (Å²) < 4.78 is 36.6. The standard InChI is InChI=1S/C23H24F2N2O3/c1-13-4-7-18(17(25)10-13)26-19-11-15(24)12-20-21(19)22(29)23(30-9-3-8-28)14(2)27(20)16-5-6-16/h4,7,10-12,16,26,28H,3,5-6,8-9H2,1-2H3. The van der Waals surface area contributed by atoms with Gasteiger partial charge in [-0.1, -0.05) is 6.07 Å². The van der Waals surface area contributed by atoms with Gasteiger partial charge in [-0.25, -0.2) is 8.78 Å². The molecule has 3 aromatic rings. The largest absolute Gasteiger partial charge is 0.488 e. The van der Waals surface area contributed by atoms with Crippen LogP contribution in [-0.4, -0.2) is 22.9 Å². The van der Waals surface area contributed by atoms with Crippen LogP contribution in [0, 0.1) is 25.5 Å². The Labute approximate surface area is 172 Å². The van der Waals surface area contributed by atoms with Gasteiger partial charge in [0.2, 0.25) is 5.43 Å². The maximum atomic E-state index is 14.5. The van der Waals surface area contributed by atoms with Crippen LogP contribution in [0.3, 0.4) is 0 Å². The maximum Gasteiger partial charge on any atom is 0.233 e. The van der Waals surface area contributed by atoms with Crippen LogP contribution < -0.4 is 15.5 Å². The number of benzene rings is 2. The number of halogens is 2. The van der Waals surface area contributed by atoms with Crippen molar-refractivity contribution in [1.29, 1.82) is 0 Å². The van der Waals surface area contributed by atoms with Crippen LogP contribution in [0.25, 0.3) is 10.9 Å². The first-order valence-electron chi connectivity index (χ1n) is 10.1. The summed E-state index contributed by atoms with van der Waals surface area (Å²) in [6.45, 7) is 3.70. The SMILES string of the molecule is Cc1ccc(Nc2cc(F)cc3c2c(=O)c(OCCCO)c(C)n3C2CC2)c(F)c1. The van der Waals surface area contributed by atoms with Crippen molar-refractivity contribution in [3.05, 3.63) is 63.4 Å². The van der Waals surface area contributed by atoms with E-state index in [2.05, 4.69) is 5.32 Å². The van der Waals surface area contributed by atoms with Crippen LogP contribution in [0.1, 0.15) is 36.6 Å². The van der Waals surface area contributed by atoms with Gasteiger partial charge in [-0.15, -0.1) is 0 Å². The number of pyridine rings is 1. The number of aromatic nitrogens is 1. The highest BCUT2D eigenvalue weighted by atomic mass is 19.1. The predicted octanol–water partition coefficient (Wildman–Crippen LogP) is 4.74. The van der Waals surface area contributed by atoms with E-state index >= 15 is 0 Å². The number of rotatable bonds is 7. The highest BCUT2D eigenvalue weighted by molar-refractivity contribution is 5.95. The first kappa shape index (κ1) is 20.3. The van der Waals surface area contributed by atoms with Crippen molar-refractivity contribution < 1.29 is 18.6 Å². The first-order chi connectivity index (χ1) is 14.4. The zero-order valence-corrected chi connectivity index (χ0v) is 17.0. The topological polar surface area (TPSA) is 63.5 Å². The molecule has 1 fully saturated rings. The minimum absolute atomic E-state index is 0.0475. The lowest BCUT2D eigenvalue weighted by atomic mass is 10.1. The van der Waals surface area contributed by atoms with Gasteiger partial charge in [0, 0.05) is 19.1 Å². The highest BCUT2D eigenvalue weighted by Crippen LogP contribution is 2.41. The smallest absolute Gasteiger partial charge is 0.233 e. The molecule has 1 aliphatic carbocycles. The number of anilines is 2. The maximum absolute atomic E-state index is 14.5. The normalized spacial score (nSPS) is 13.6. The predicted molar refractivity (Wildman–Crippen MR) is 113 cm³/mol. The Hall–Kier alpha value is -2.93. The van der Waals surface area contributed by atoms with Crippen LogP contribution in [0.2, 0.25) is 0 Å². The average Bonchev–Trinajstić information content (AvgIpc) is 3.51. The summed E-state index contributed by atoms with van der Waals surface area (Å²) >= 11 is 0. The molecule has 1 aromatic heterocycles. The minimum atomic E-state index is -0.514. The van der Waals surface area contributed by atoms with E-state index in [0.29, 0.717) is 17.6 Å². The third kappa shape index (κ3) is 3.77. The molecule has 0 bridgehead atoms. The van der Waals surface area contributed by atoms with Crippen molar-refractivity contribution in [3.63, 3.8) is 0 Å². The van der Waals surface area contributed by atoms with Crippen molar-refractivity contribution in [2.45, 2.75) is 39.2 Å². The summed E-state index contributed by atoms with van der Waals surface area (Å²) in [5.41, 5.74) is 1.82. The molecule has 1 saturated carbocycles. The molecular formula is C23H24F2N2O3.